The third-order valence-corrected chi connectivity index (χ3v) is 9.61. The van der Waals surface area contributed by atoms with Crippen molar-refractivity contribution in [3.8, 4) is 5.69 Å². The zero-order chi connectivity index (χ0) is 25.5. The summed E-state index contributed by atoms with van der Waals surface area (Å²) in [7, 11) is -3.20. The Morgan fingerprint density at radius 3 is 2.81 bits per heavy atom. The van der Waals surface area contributed by atoms with Crippen LogP contribution in [0.2, 0.25) is 0 Å². The van der Waals surface area contributed by atoms with Crippen LogP contribution in [-0.2, 0) is 20.9 Å². The van der Waals surface area contributed by atoms with Crippen molar-refractivity contribution in [1.82, 2.24) is 25.0 Å². The van der Waals surface area contributed by atoms with Gasteiger partial charge in [0.05, 0.1) is 5.69 Å². The molecule has 12 nitrogen and oxygen atoms in total. The summed E-state index contributed by atoms with van der Waals surface area (Å²) in [6.45, 7) is 0.616. The van der Waals surface area contributed by atoms with E-state index in [9.17, 15) is 28.2 Å². The quantitative estimate of drug-likeness (QED) is 0.456. The van der Waals surface area contributed by atoms with Crippen LogP contribution in [0.1, 0.15) is 24.8 Å². The molecule has 194 valence electrons. The first-order chi connectivity index (χ1) is 17.2. The number of carbonyl (C=O) groups is 2. The highest BCUT2D eigenvalue weighted by Gasteiger charge is 2.56. The third kappa shape index (κ3) is 4.18. The van der Waals surface area contributed by atoms with Gasteiger partial charge in [-0.3, -0.25) is 28.6 Å². The highest BCUT2D eigenvalue weighted by molar-refractivity contribution is 8.26. The average molecular weight is 523 g/mol. The van der Waals surface area contributed by atoms with Crippen molar-refractivity contribution in [2.24, 2.45) is 4.99 Å². The van der Waals surface area contributed by atoms with Gasteiger partial charge in [0, 0.05) is 44.9 Å². The molecule has 2 amide bonds. The predicted octanol–water partition coefficient (Wildman–Crippen LogP) is 0.696. The van der Waals surface area contributed by atoms with Gasteiger partial charge >= 0.3 is 0 Å². The highest BCUT2D eigenvalue weighted by Crippen LogP contribution is 2.60. The Morgan fingerprint density at radius 1 is 1.31 bits per heavy atom. The zero-order valence-corrected chi connectivity index (χ0v) is 20.1. The Bertz CT molecular complexity index is 1190. The Hall–Kier alpha value is -2.91. The van der Waals surface area contributed by atoms with E-state index < -0.39 is 45.1 Å². The molecule has 0 saturated carbocycles. The second-order valence-corrected chi connectivity index (χ2v) is 11.5. The molecule has 14 heteroatoms. The van der Waals surface area contributed by atoms with E-state index in [-0.39, 0.29) is 50.7 Å². The van der Waals surface area contributed by atoms with Crippen LogP contribution < -0.4 is 5.32 Å². The Labute approximate surface area is 207 Å². The molecule has 0 radical (unpaired) electrons. The molecule has 2 unspecified atom stereocenters. The number of fused-ring (bicyclic) bond motifs is 2. The van der Waals surface area contributed by atoms with Gasteiger partial charge in [-0.05, 0) is 24.1 Å². The molecular weight excluding hydrogens is 495 g/mol. The Morgan fingerprint density at radius 2 is 2.08 bits per heavy atom. The molecule has 3 aliphatic rings. The van der Waals surface area contributed by atoms with E-state index in [4.69, 9.17) is 4.74 Å². The second kappa shape index (κ2) is 9.52. The first kappa shape index (κ1) is 24.8. The molecule has 1 aromatic heterocycles. The number of amidine groups is 1. The molecule has 3 aliphatic heterocycles. The lowest BCUT2D eigenvalue weighted by Gasteiger charge is -2.53. The maximum Gasteiger partial charge on any atom is 0.259 e. The van der Waals surface area contributed by atoms with E-state index in [0.29, 0.717) is 17.7 Å². The first-order valence-corrected chi connectivity index (χ1v) is 13.3. The number of ether oxygens (including phenoxy) is 1. The van der Waals surface area contributed by atoms with E-state index in [2.05, 4.69) is 20.4 Å². The molecule has 36 heavy (non-hydrogen) atoms. The molecule has 4 heterocycles. The fraction of sp³-hybridized carbons (Fsp3) is 0.500. The summed E-state index contributed by atoms with van der Waals surface area (Å²) in [5.74, 6) is -1.69. The first-order valence-electron chi connectivity index (χ1n) is 11.6. The maximum atomic E-state index is 13.9. The average Bonchev–Trinajstić information content (AvgIpc) is 3.38. The SMILES string of the molecule is O=C(NCc1ccc(F)cc1-n1cncn1)C1N=C2N(CCCS(O)(O)C23CCOCC3)C(=O)C1O. The number of rotatable bonds is 4. The summed E-state index contributed by atoms with van der Waals surface area (Å²) < 4.78 is 41.6. The minimum atomic E-state index is -3.20. The molecule has 2 saturated heterocycles. The number of nitrogens with zero attached hydrogens (tertiary/aromatic N) is 5. The van der Waals surface area contributed by atoms with Crippen molar-refractivity contribution in [3.05, 3.63) is 42.2 Å². The van der Waals surface area contributed by atoms with E-state index in [0.717, 1.165) is 0 Å². The summed E-state index contributed by atoms with van der Waals surface area (Å²) in [5.41, 5.74) is 0.884. The van der Waals surface area contributed by atoms with Crippen LogP contribution in [0, 0.1) is 5.82 Å². The van der Waals surface area contributed by atoms with Gasteiger partial charge in [0.15, 0.2) is 12.1 Å². The van der Waals surface area contributed by atoms with Gasteiger partial charge in [-0.2, -0.15) is 15.7 Å². The second-order valence-electron chi connectivity index (χ2n) is 8.99. The van der Waals surface area contributed by atoms with Crippen LogP contribution in [0.4, 0.5) is 4.39 Å². The molecule has 4 N–H and O–H groups in total. The van der Waals surface area contributed by atoms with Gasteiger partial charge in [0.2, 0.25) is 5.91 Å². The van der Waals surface area contributed by atoms with E-state index >= 15 is 0 Å². The maximum absolute atomic E-state index is 13.9. The van der Waals surface area contributed by atoms with Gasteiger partial charge in [-0.25, -0.2) is 14.1 Å². The lowest BCUT2D eigenvalue weighted by Crippen LogP contribution is -2.62. The Balaban J connectivity index is 1.45. The van der Waals surface area contributed by atoms with Gasteiger partial charge in [0.25, 0.3) is 5.91 Å². The minimum absolute atomic E-state index is 0.0611. The summed E-state index contributed by atoms with van der Waals surface area (Å²) >= 11 is 0. The van der Waals surface area contributed by atoms with Crippen LogP contribution in [0.3, 0.4) is 0 Å². The minimum Gasteiger partial charge on any atom is -0.381 e. The Kier molecular flexibility index (Phi) is 6.55. The van der Waals surface area contributed by atoms with E-state index in [1.54, 1.807) is 0 Å². The van der Waals surface area contributed by atoms with Gasteiger partial charge in [0.1, 0.15) is 29.1 Å². The molecule has 5 rings (SSSR count). The van der Waals surface area contributed by atoms with Gasteiger partial charge in [-0.1, -0.05) is 6.07 Å². The standard InChI is InChI=1S/C22H27FN6O6S/c23-15-3-2-14(16(10-15)29-13-24-12-26-29)11-25-19(31)17-18(30)20(32)28-6-1-9-36(33,34)22(21(28)27-17)4-7-35-8-5-22/h2-3,10,12-13,17-18,30,33-34H,1,4-9,11H2,(H,25,31). The number of amides is 2. The van der Waals surface area contributed by atoms with Gasteiger partial charge in [-0.15, -0.1) is 0 Å². The molecule has 2 aromatic rings. The summed E-state index contributed by atoms with van der Waals surface area (Å²) in [4.78, 5) is 36.0. The van der Waals surface area contributed by atoms with Crippen molar-refractivity contribution in [2.75, 3.05) is 25.5 Å². The molecule has 1 aromatic carbocycles. The summed E-state index contributed by atoms with van der Waals surface area (Å²) in [6, 6.07) is 2.50. The molecule has 0 bridgehead atoms. The number of aliphatic hydroxyl groups excluding tert-OH is 1. The fourth-order valence-corrected chi connectivity index (χ4v) is 7.19. The molecule has 2 fully saturated rings. The summed E-state index contributed by atoms with van der Waals surface area (Å²) in [6.07, 6.45) is 1.76. The number of benzene rings is 1. The monoisotopic (exact) mass is 522 g/mol. The van der Waals surface area contributed by atoms with Crippen molar-refractivity contribution < 1.29 is 32.9 Å². The molecule has 2 atom stereocenters. The predicted molar refractivity (Wildman–Crippen MR) is 127 cm³/mol. The van der Waals surface area contributed by atoms with Crippen LogP contribution in [-0.4, -0.2) is 93.9 Å². The summed E-state index contributed by atoms with van der Waals surface area (Å²) in [5, 5.41) is 17.4. The molecule has 0 aliphatic carbocycles. The largest absolute Gasteiger partial charge is 0.381 e. The number of hydrogen-bond donors (Lipinski definition) is 4. The smallest absolute Gasteiger partial charge is 0.259 e. The van der Waals surface area contributed by atoms with Crippen molar-refractivity contribution >= 4 is 28.2 Å². The van der Waals surface area contributed by atoms with Crippen LogP contribution in [0.25, 0.3) is 5.69 Å². The van der Waals surface area contributed by atoms with E-state index in [1.165, 1.54) is 40.4 Å². The number of hydrogen-bond acceptors (Lipinski definition) is 9. The zero-order valence-electron chi connectivity index (χ0n) is 19.3. The third-order valence-electron chi connectivity index (χ3n) is 6.91. The number of aliphatic imine (C=N–C) groups is 1. The lowest BCUT2D eigenvalue weighted by molar-refractivity contribution is -0.142. The lowest BCUT2D eigenvalue weighted by atomic mass is 9.93. The highest BCUT2D eigenvalue weighted by atomic mass is 32.3. The van der Waals surface area contributed by atoms with Crippen LogP contribution >= 0.6 is 10.6 Å². The molecule has 1 spiro atoms. The number of halogens is 1. The topological polar surface area (TPSA) is 162 Å². The van der Waals surface area contributed by atoms with Crippen LogP contribution in [0.5, 0.6) is 0 Å². The van der Waals surface area contributed by atoms with E-state index in [1.807, 2.05) is 0 Å². The van der Waals surface area contributed by atoms with Crippen LogP contribution in [0.15, 0.2) is 35.8 Å². The van der Waals surface area contributed by atoms with Gasteiger partial charge < -0.3 is 15.2 Å². The number of aromatic nitrogens is 3. The fourth-order valence-electron chi connectivity index (χ4n) is 4.99. The normalized spacial score (nSPS) is 26.1. The van der Waals surface area contributed by atoms with Crippen molar-refractivity contribution in [2.45, 2.75) is 42.7 Å². The van der Waals surface area contributed by atoms with Crippen molar-refractivity contribution in [1.29, 1.82) is 0 Å². The molecular formula is C22H27FN6O6S. The number of nitrogens with one attached hydrogen (secondary N) is 1. The van der Waals surface area contributed by atoms with Crippen molar-refractivity contribution in [3.63, 3.8) is 0 Å². The number of aliphatic hydroxyl groups is 1. The number of carbonyl (C=O) groups excluding carboxylic acids is 2.